The molecule has 1 aromatic carbocycles. The van der Waals surface area contributed by atoms with E-state index < -0.39 is 9.84 Å². The van der Waals surface area contributed by atoms with E-state index in [4.69, 9.17) is 4.74 Å². The zero-order valence-electron chi connectivity index (χ0n) is 18.4. The normalized spacial score (nSPS) is 11.8. The number of ether oxygens (including phenoxy) is 1. The summed E-state index contributed by atoms with van der Waals surface area (Å²) in [6.45, 7) is 3.89. The van der Waals surface area contributed by atoms with Crippen LogP contribution in [0.5, 0.6) is 5.75 Å². The smallest absolute Gasteiger partial charge is 0.259 e. The first-order valence-corrected chi connectivity index (χ1v) is 11.9. The van der Waals surface area contributed by atoms with Crippen LogP contribution in [0.2, 0.25) is 0 Å². The zero-order chi connectivity index (χ0) is 23.0. The van der Waals surface area contributed by atoms with Gasteiger partial charge in [0.2, 0.25) is 0 Å². The van der Waals surface area contributed by atoms with Crippen LogP contribution in [0.3, 0.4) is 0 Å². The second kappa shape index (κ2) is 8.23. The van der Waals surface area contributed by atoms with Gasteiger partial charge in [0.15, 0.2) is 9.84 Å². The van der Waals surface area contributed by atoms with Gasteiger partial charge in [-0.2, -0.15) is 5.10 Å². The second-order valence-electron chi connectivity index (χ2n) is 7.47. The first kappa shape index (κ1) is 21.8. The van der Waals surface area contributed by atoms with E-state index in [1.807, 2.05) is 26.2 Å². The van der Waals surface area contributed by atoms with Gasteiger partial charge >= 0.3 is 0 Å². The van der Waals surface area contributed by atoms with Gasteiger partial charge in [-0.15, -0.1) is 0 Å². The number of benzene rings is 1. The minimum Gasteiger partial charge on any atom is -0.493 e. The van der Waals surface area contributed by atoms with E-state index >= 15 is 0 Å². The first-order chi connectivity index (χ1) is 15.2. The molecule has 4 rings (SSSR count). The molecule has 0 saturated carbocycles. The molecule has 0 unspecified atom stereocenters. The molecule has 3 heterocycles. The molecule has 0 aliphatic heterocycles. The van der Waals surface area contributed by atoms with Gasteiger partial charge in [0.1, 0.15) is 5.75 Å². The molecule has 166 valence electrons. The summed E-state index contributed by atoms with van der Waals surface area (Å²) in [7, 11) is 0.0514. The molecule has 0 bridgehead atoms. The van der Waals surface area contributed by atoms with Crippen LogP contribution in [0.1, 0.15) is 13.8 Å². The van der Waals surface area contributed by atoms with Crippen molar-refractivity contribution in [3.8, 4) is 28.1 Å². The highest BCUT2D eigenvalue weighted by molar-refractivity contribution is 7.91. The molecule has 0 aliphatic rings. The number of pyridine rings is 2. The monoisotopic (exact) mass is 452 g/mol. The maximum Gasteiger partial charge on any atom is 0.259 e. The Morgan fingerprint density at radius 1 is 1.00 bits per heavy atom. The minimum atomic E-state index is -3.43. The van der Waals surface area contributed by atoms with Crippen LogP contribution >= 0.6 is 0 Å². The number of aryl methyl sites for hydroxylation is 2. The maximum absolute atomic E-state index is 12.8. The van der Waals surface area contributed by atoms with Gasteiger partial charge in [0, 0.05) is 54.8 Å². The quantitative estimate of drug-likeness (QED) is 0.446. The van der Waals surface area contributed by atoms with Crippen LogP contribution in [0.15, 0.2) is 58.7 Å². The number of rotatable bonds is 6. The molecule has 32 heavy (non-hydrogen) atoms. The topological polar surface area (TPSA) is 96.1 Å². The summed E-state index contributed by atoms with van der Waals surface area (Å²) in [5.41, 5.74) is 2.57. The van der Waals surface area contributed by atoms with Crippen molar-refractivity contribution in [3.63, 3.8) is 0 Å². The van der Waals surface area contributed by atoms with Gasteiger partial charge in [0.05, 0.1) is 34.5 Å². The lowest BCUT2D eigenvalue weighted by Crippen LogP contribution is -2.17. The Morgan fingerprint density at radius 2 is 1.78 bits per heavy atom. The van der Waals surface area contributed by atoms with E-state index in [9.17, 15) is 13.2 Å². The van der Waals surface area contributed by atoms with Gasteiger partial charge in [-0.05, 0) is 31.2 Å². The third-order valence-electron chi connectivity index (χ3n) is 5.35. The molecule has 3 aromatic heterocycles. The van der Waals surface area contributed by atoms with E-state index in [2.05, 4.69) is 10.1 Å². The molecule has 0 aliphatic carbocycles. The molecule has 0 fully saturated rings. The largest absolute Gasteiger partial charge is 0.493 e. The third-order valence-corrected chi connectivity index (χ3v) is 7.08. The second-order valence-corrected chi connectivity index (χ2v) is 9.75. The number of nitrogens with zero attached hydrogens (tertiary/aromatic N) is 4. The molecule has 0 atom stereocenters. The predicted octanol–water partition coefficient (Wildman–Crippen LogP) is 3.19. The fourth-order valence-corrected chi connectivity index (χ4v) is 4.55. The van der Waals surface area contributed by atoms with Gasteiger partial charge in [-0.3, -0.25) is 14.5 Å². The van der Waals surface area contributed by atoms with E-state index in [0.29, 0.717) is 39.9 Å². The Balaban J connectivity index is 2.06. The number of hydrogen-bond donors (Lipinski definition) is 0. The van der Waals surface area contributed by atoms with Crippen molar-refractivity contribution in [2.75, 3.05) is 12.4 Å². The Hall–Kier alpha value is -3.46. The van der Waals surface area contributed by atoms with Crippen LogP contribution < -0.4 is 10.3 Å². The predicted molar refractivity (Wildman–Crippen MR) is 124 cm³/mol. The fourth-order valence-electron chi connectivity index (χ4n) is 3.65. The van der Waals surface area contributed by atoms with Crippen molar-refractivity contribution in [3.05, 3.63) is 59.4 Å². The summed E-state index contributed by atoms with van der Waals surface area (Å²) in [5, 5.41) is 5.29. The molecule has 0 N–H and O–H groups in total. The standard InChI is InChI=1S/C23H24N4O4S/c1-5-31-22-8-7-16(32(29,30)6-2)9-18(22)20-14-26(3)23(28)19-12-24-21(10-17(19)20)15-11-25-27(4)13-15/h7-14H,5-6H2,1-4H3. The highest BCUT2D eigenvalue weighted by atomic mass is 32.2. The maximum atomic E-state index is 12.8. The van der Waals surface area contributed by atoms with Gasteiger partial charge < -0.3 is 9.30 Å². The van der Waals surface area contributed by atoms with Crippen LogP contribution in [0.25, 0.3) is 33.2 Å². The molecule has 8 nitrogen and oxygen atoms in total. The van der Waals surface area contributed by atoms with E-state index in [-0.39, 0.29) is 16.2 Å². The lowest BCUT2D eigenvalue weighted by atomic mass is 9.99. The Bertz CT molecular complexity index is 1490. The Kier molecular flexibility index (Phi) is 5.60. The molecular weight excluding hydrogens is 428 g/mol. The van der Waals surface area contributed by atoms with Crippen LogP contribution in [-0.2, 0) is 23.9 Å². The number of hydrogen-bond acceptors (Lipinski definition) is 6. The average molecular weight is 453 g/mol. The first-order valence-electron chi connectivity index (χ1n) is 10.2. The van der Waals surface area contributed by atoms with Crippen molar-refractivity contribution in [1.29, 1.82) is 0 Å². The van der Waals surface area contributed by atoms with E-state index in [1.165, 1.54) is 4.57 Å². The van der Waals surface area contributed by atoms with Crippen molar-refractivity contribution in [2.45, 2.75) is 18.7 Å². The highest BCUT2D eigenvalue weighted by Gasteiger charge is 2.19. The number of fused-ring (bicyclic) bond motifs is 1. The lowest BCUT2D eigenvalue weighted by Gasteiger charge is -2.16. The summed E-state index contributed by atoms with van der Waals surface area (Å²) in [4.78, 5) is 17.5. The highest BCUT2D eigenvalue weighted by Crippen LogP contribution is 2.37. The van der Waals surface area contributed by atoms with Crippen molar-refractivity contribution >= 4 is 20.6 Å². The third kappa shape index (κ3) is 3.80. The molecule has 9 heteroatoms. The van der Waals surface area contributed by atoms with Gasteiger partial charge in [-0.1, -0.05) is 6.92 Å². The SMILES string of the molecule is CCOc1ccc(S(=O)(=O)CC)cc1-c1cn(C)c(=O)c2cnc(-c3cnn(C)c3)cc12. The summed E-state index contributed by atoms with van der Waals surface area (Å²) in [6, 6.07) is 6.68. The van der Waals surface area contributed by atoms with Gasteiger partial charge in [-0.25, -0.2) is 8.42 Å². The molecule has 0 radical (unpaired) electrons. The molecule has 4 aromatic rings. The summed E-state index contributed by atoms with van der Waals surface area (Å²) in [6.07, 6.45) is 6.80. The number of sulfone groups is 1. The van der Waals surface area contributed by atoms with Crippen LogP contribution in [0, 0.1) is 0 Å². The fraction of sp³-hybridized carbons (Fsp3) is 0.261. The Morgan fingerprint density at radius 3 is 2.44 bits per heavy atom. The van der Waals surface area contributed by atoms with Crippen molar-refractivity contribution in [1.82, 2.24) is 19.3 Å². The van der Waals surface area contributed by atoms with Crippen LogP contribution in [0.4, 0.5) is 0 Å². The molecule has 0 amide bonds. The molecule has 0 saturated heterocycles. The summed E-state index contributed by atoms with van der Waals surface area (Å²) >= 11 is 0. The van der Waals surface area contributed by atoms with E-state index in [1.54, 1.807) is 55.4 Å². The summed E-state index contributed by atoms with van der Waals surface area (Å²) in [5.74, 6) is 0.533. The Labute approximate surface area is 186 Å². The van der Waals surface area contributed by atoms with Crippen LogP contribution in [-0.4, -0.2) is 40.1 Å². The zero-order valence-corrected chi connectivity index (χ0v) is 19.2. The molecular formula is C23H24N4O4S. The van der Waals surface area contributed by atoms with E-state index in [0.717, 1.165) is 5.56 Å². The average Bonchev–Trinajstić information content (AvgIpc) is 3.22. The van der Waals surface area contributed by atoms with Gasteiger partial charge in [0.25, 0.3) is 5.56 Å². The molecule has 0 spiro atoms. The summed E-state index contributed by atoms with van der Waals surface area (Å²) < 4.78 is 34.1. The lowest BCUT2D eigenvalue weighted by molar-refractivity contribution is 0.341. The number of aromatic nitrogens is 4. The van der Waals surface area contributed by atoms with Crippen molar-refractivity contribution in [2.24, 2.45) is 14.1 Å². The van der Waals surface area contributed by atoms with Crippen molar-refractivity contribution < 1.29 is 13.2 Å². The minimum absolute atomic E-state index is 0.0104.